The van der Waals surface area contributed by atoms with E-state index in [0.717, 1.165) is 15.7 Å². The Kier molecular flexibility index (Phi) is 10.8. The van der Waals surface area contributed by atoms with Gasteiger partial charge in [0.15, 0.2) is 0 Å². The summed E-state index contributed by atoms with van der Waals surface area (Å²) in [5.41, 5.74) is 0.611. The van der Waals surface area contributed by atoms with E-state index in [1.165, 1.54) is 80.9 Å². The number of halogens is 1. The highest BCUT2D eigenvalue weighted by Gasteiger charge is 2.31. The number of esters is 2. The van der Waals surface area contributed by atoms with Gasteiger partial charge >= 0.3 is 11.9 Å². The summed E-state index contributed by atoms with van der Waals surface area (Å²) in [6.45, 7) is -0.0179. The summed E-state index contributed by atoms with van der Waals surface area (Å²) in [6, 6.07) is 15.6. The summed E-state index contributed by atoms with van der Waals surface area (Å²) in [5.74, 6) is -0.735. The van der Waals surface area contributed by atoms with Crippen molar-refractivity contribution in [1.29, 1.82) is 0 Å². The van der Waals surface area contributed by atoms with E-state index in [9.17, 15) is 26.4 Å². The molecule has 246 valence electrons. The van der Waals surface area contributed by atoms with Crippen LogP contribution in [0.2, 0.25) is 5.02 Å². The molecule has 4 aromatic rings. The summed E-state index contributed by atoms with van der Waals surface area (Å²) >= 11 is 6.50. The molecule has 16 heteroatoms. The maximum absolute atomic E-state index is 14.0. The van der Waals surface area contributed by atoms with Gasteiger partial charge in [-0.1, -0.05) is 11.6 Å². The largest absolute Gasteiger partial charge is 0.497 e. The Labute approximate surface area is 271 Å². The maximum Gasteiger partial charge on any atom is 0.326 e. The molecule has 1 aromatic heterocycles. The van der Waals surface area contributed by atoms with Crippen LogP contribution in [0.4, 0.5) is 5.69 Å². The molecule has 0 aliphatic rings. The quantitative estimate of drug-likeness (QED) is 0.191. The number of anilines is 1. The van der Waals surface area contributed by atoms with E-state index in [4.69, 9.17) is 30.5 Å². The van der Waals surface area contributed by atoms with Crippen LogP contribution >= 0.6 is 11.6 Å². The van der Waals surface area contributed by atoms with Gasteiger partial charge in [0.25, 0.3) is 10.0 Å². The lowest BCUT2D eigenvalue weighted by Gasteiger charge is -2.24. The van der Waals surface area contributed by atoms with E-state index >= 15 is 0 Å². The third-order valence-corrected chi connectivity index (χ3v) is 10.7. The first kappa shape index (κ1) is 34.6. The molecule has 0 aliphatic carbocycles. The van der Waals surface area contributed by atoms with Gasteiger partial charge in [0.1, 0.15) is 24.6 Å². The van der Waals surface area contributed by atoms with Gasteiger partial charge < -0.3 is 23.9 Å². The van der Waals surface area contributed by atoms with Crippen molar-refractivity contribution in [2.75, 3.05) is 45.3 Å². The van der Waals surface area contributed by atoms with Crippen LogP contribution < -0.4 is 13.8 Å². The Balaban J connectivity index is 1.82. The van der Waals surface area contributed by atoms with E-state index in [-0.39, 0.29) is 50.2 Å². The molecule has 0 fully saturated rings. The summed E-state index contributed by atoms with van der Waals surface area (Å²) in [5, 5.41) is 0.462. The number of methoxy groups -OCH3 is 3. The number of aromatic amines is 1. The number of carbonyl (C=O) groups excluding carboxylic acids is 2. The number of benzene rings is 3. The second-order valence-corrected chi connectivity index (χ2v) is 13.9. The molecule has 0 aliphatic heterocycles. The molecule has 0 saturated carbocycles. The number of rotatable bonds is 14. The van der Waals surface area contributed by atoms with Crippen molar-refractivity contribution < 1.29 is 45.4 Å². The Hall–Kier alpha value is -4.31. The highest BCUT2D eigenvalue weighted by atomic mass is 35.5. The van der Waals surface area contributed by atoms with Crippen molar-refractivity contribution in [2.45, 2.75) is 23.3 Å². The lowest BCUT2D eigenvalue weighted by atomic mass is 10.2. The predicted molar refractivity (Wildman–Crippen MR) is 170 cm³/mol. The van der Waals surface area contributed by atoms with Crippen LogP contribution in [0.15, 0.2) is 76.5 Å². The minimum absolute atomic E-state index is 0.0261. The number of aromatic nitrogens is 1. The number of sulfonamides is 2. The van der Waals surface area contributed by atoms with Crippen molar-refractivity contribution in [3.8, 4) is 11.5 Å². The molecular weight excluding hydrogens is 662 g/mol. The fourth-order valence-corrected chi connectivity index (χ4v) is 7.55. The van der Waals surface area contributed by atoms with E-state index in [2.05, 4.69) is 4.98 Å². The molecule has 1 N–H and O–H groups in total. The van der Waals surface area contributed by atoms with Crippen LogP contribution in [0.1, 0.15) is 12.6 Å². The predicted octanol–water partition coefficient (Wildman–Crippen LogP) is 3.96. The number of nitrogens with one attached hydrogen (secondary N) is 1. The lowest BCUT2D eigenvalue weighted by molar-refractivity contribution is -0.141. The highest BCUT2D eigenvalue weighted by Crippen LogP contribution is 2.36. The van der Waals surface area contributed by atoms with Crippen LogP contribution in [0.25, 0.3) is 10.9 Å². The molecule has 0 spiro atoms. The van der Waals surface area contributed by atoms with Crippen molar-refractivity contribution in [3.05, 3.63) is 77.4 Å². The zero-order chi connectivity index (χ0) is 33.6. The van der Waals surface area contributed by atoms with Crippen molar-refractivity contribution >= 4 is 60.2 Å². The van der Waals surface area contributed by atoms with Gasteiger partial charge in [-0.05, 0) is 73.7 Å². The first-order chi connectivity index (χ1) is 21.8. The Morgan fingerprint density at radius 1 is 0.783 bits per heavy atom. The molecule has 3 aromatic carbocycles. The third-order valence-electron chi connectivity index (χ3n) is 6.85. The zero-order valence-electron chi connectivity index (χ0n) is 25.4. The standard InChI is InChI=1S/C30H32ClN3O10S2/c1-5-44-29(36)19-34(46(39,40)24-12-8-22(42-3)9-13-24)27-15-14-26(31)30-25(27)16-20(32-30)17-33(18-28(35)43-4)45(37,38)23-10-6-21(41-2)7-11-23/h6-16,32H,5,17-19H2,1-4H3. The van der Waals surface area contributed by atoms with Crippen LogP contribution in [0.3, 0.4) is 0 Å². The monoisotopic (exact) mass is 693 g/mol. The lowest BCUT2D eigenvalue weighted by Crippen LogP contribution is -2.36. The van der Waals surface area contributed by atoms with Gasteiger partial charge in [0.05, 0.1) is 60.5 Å². The summed E-state index contributed by atoms with van der Waals surface area (Å²) in [6.07, 6.45) is 0. The van der Waals surface area contributed by atoms with Crippen molar-refractivity contribution in [3.63, 3.8) is 0 Å². The molecule has 0 bridgehead atoms. The second-order valence-electron chi connectivity index (χ2n) is 9.67. The summed E-state index contributed by atoms with van der Waals surface area (Å²) in [7, 11) is -4.57. The SMILES string of the molecule is CCOC(=O)CN(c1ccc(Cl)c2[nH]c(CN(CC(=O)OC)S(=O)(=O)c3ccc(OC)cc3)cc12)S(=O)(=O)c1ccc(OC)cc1. The van der Waals surface area contributed by atoms with Crippen LogP contribution in [-0.4, -0.2) is 79.1 Å². The van der Waals surface area contributed by atoms with Gasteiger partial charge in [-0.25, -0.2) is 16.8 Å². The molecule has 4 rings (SSSR count). The Morgan fingerprint density at radius 3 is 1.87 bits per heavy atom. The first-order valence-corrected chi connectivity index (χ1v) is 16.9. The van der Waals surface area contributed by atoms with E-state index in [1.807, 2.05) is 0 Å². The second kappa shape index (κ2) is 14.4. The topological polar surface area (TPSA) is 162 Å². The fourth-order valence-electron chi connectivity index (χ4n) is 4.55. The van der Waals surface area contributed by atoms with Gasteiger partial charge in [-0.2, -0.15) is 4.31 Å². The number of nitrogens with zero attached hydrogens (tertiary/aromatic N) is 2. The van der Waals surface area contributed by atoms with Crippen LogP contribution in [0.5, 0.6) is 11.5 Å². The number of hydrogen-bond donors (Lipinski definition) is 1. The number of H-pyrrole nitrogens is 1. The van der Waals surface area contributed by atoms with E-state index in [1.54, 1.807) is 6.92 Å². The molecule has 0 unspecified atom stereocenters. The van der Waals surface area contributed by atoms with E-state index < -0.39 is 45.1 Å². The number of carbonyl (C=O) groups is 2. The normalized spacial score (nSPS) is 11.8. The zero-order valence-corrected chi connectivity index (χ0v) is 27.7. The molecule has 0 atom stereocenters. The minimum Gasteiger partial charge on any atom is -0.497 e. The van der Waals surface area contributed by atoms with Gasteiger partial charge in [-0.15, -0.1) is 0 Å². The van der Waals surface area contributed by atoms with Crippen molar-refractivity contribution in [1.82, 2.24) is 9.29 Å². The maximum atomic E-state index is 14.0. The van der Waals surface area contributed by atoms with Crippen LogP contribution in [-0.2, 0) is 45.7 Å². The fraction of sp³-hybridized carbons (Fsp3) is 0.267. The molecule has 46 heavy (non-hydrogen) atoms. The molecule has 0 radical (unpaired) electrons. The third kappa shape index (κ3) is 7.39. The van der Waals surface area contributed by atoms with E-state index in [0.29, 0.717) is 11.5 Å². The smallest absolute Gasteiger partial charge is 0.326 e. The van der Waals surface area contributed by atoms with Gasteiger partial charge in [-0.3, -0.25) is 13.9 Å². The molecule has 0 saturated heterocycles. The first-order valence-electron chi connectivity index (χ1n) is 13.7. The molecular formula is C30H32ClN3O10S2. The molecule has 1 heterocycles. The number of hydrogen-bond acceptors (Lipinski definition) is 10. The van der Waals surface area contributed by atoms with Crippen LogP contribution in [0, 0.1) is 0 Å². The number of ether oxygens (including phenoxy) is 4. The number of fused-ring (bicyclic) bond motifs is 1. The Morgan fingerprint density at radius 2 is 1.35 bits per heavy atom. The van der Waals surface area contributed by atoms with Crippen molar-refractivity contribution in [2.24, 2.45) is 0 Å². The molecule has 0 amide bonds. The average Bonchev–Trinajstić information content (AvgIpc) is 3.48. The van der Waals surface area contributed by atoms with Gasteiger partial charge in [0, 0.05) is 11.1 Å². The molecule has 13 nitrogen and oxygen atoms in total. The summed E-state index contributed by atoms with van der Waals surface area (Å²) in [4.78, 5) is 27.8. The summed E-state index contributed by atoms with van der Waals surface area (Å²) < 4.78 is 77.1. The Bertz CT molecular complexity index is 1930. The highest BCUT2D eigenvalue weighted by molar-refractivity contribution is 7.93. The van der Waals surface area contributed by atoms with Gasteiger partial charge in [0.2, 0.25) is 10.0 Å². The minimum atomic E-state index is -4.35. The average molecular weight is 694 g/mol.